The van der Waals surface area contributed by atoms with Crippen LogP contribution in [-0.2, 0) is 0 Å². The third kappa shape index (κ3) is 2.89. The molecule has 0 aliphatic rings. The fourth-order valence-electron chi connectivity index (χ4n) is 1.13. The third-order valence-corrected chi connectivity index (χ3v) is 2.21. The molecule has 0 saturated carbocycles. The van der Waals surface area contributed by atoms with Gasteiger partial charge >= 0.3 is 0 Å². The standard InChI is InChI=1S/C12H17NO/c1-9(10(2)13)7-11-5-4-6-12(8-11)14-3/h4-8,10H,13H2,1-3H3/b9-7-. The average molecular weight is 191 g/mol. The fourth-order valence-corrected chi connectivity index (χ4v) is 1.13. The lowest BCUT2D eigenvalue weighted by Gasteiger charge is -2.06. The zero-order valence-corrected chi connectivity index (χ0v) is 8.95. The summed E-state index contributed by atoms with van der Waals surface area (Å²) in [5, 5.41) is 0. The molecule has 76 valence electrons. The molecule has 0 aliphatic heterocycles. The van der Waals surface area contributed by atoms with Crippen molar-refractivity contribution in [1.82, 2.24) is 0 Å². The van der Waals surface area contributed by atoms with Gasteiger partial charge in [-0.3, -0.25) is 0 Å². The molecule has 1 aromatic rings. The predicted octanol–water partition coefficient (Wildman–Crippen LogP) is 2.45. The number of hydrogen-bond acceptors (Lipinski definition) is 2. The van der Waals surface area contributed by atoms with Crippen LogP contribution in [0.25, 0.3) is 6.08 Å². The molecule has 0 aliphatic carbocycles. The largest absolute Gasteiger partial charge is 0.497 e. The molecular formula is C12H17NO. The minimum absolute atomic E-state index is 0.0983. The number of rotatable bonds is 3. The molecule has 0 heterocycles. The van der Waals surface area contributed by atoms with Gasteiger partial charge in [0.15, 0.2) is 0 Å². The van der Waals surface area contributed by atoms with E-state index in [1.807, 2.05) is 38.1 Å². The Labute approximate surface area is 85.4 Å². The highest BCUT2D eigenvalue weighted by Gasteiger charge is 1.97. The maximum atomic E-state index is 5.75. The molecule has 0 fully saturated rings. The van der Waals surface area contributed by atoms with E-state index in [0.29, 0.717) is 0 Å². The SMILES string of the molecule is COc1cccc(/C=C(/C)C(C)N)c1. The second-order valence-electron chi connectivity index (χ2n) is 3.45. The van der Waals surface area contributed by atoms with Gasteiger partial charge in [-0.1, -0.05) is 23.8 Å². The van der Waals surface area contributed by atoms with Crippen LogP contribution in [0, 0.1) is 0 Å². The Kier molecular flexibility index (Phi) is 3.72. The smallest absolute Gasteiger partial charge is 0.119 e. The van der Waals surface area contributed by atoms with Crippen LogP contribution in [0.5, 0.6) is 5.75 Å². The highest BCUT2D eigenvalue weighted by atomic mass is 16.5. The Morgan fingerprint density at radius 3 is 2.79 bits per heavy atom. The van der Waals surface area contributed by atoms with E-state index in [9.17, 15) is 0 Å². The molecule has 1 aromatic carbocycles. The van der Waals surface area contributed by atoms with E-state index in [1.165, 1.54) is 5.57 Å². The summed E-state index contributed by atoms with van der Waals surface area (Å²) in [5.41, 5.74) is 8.04. The lowest BCUT2D eigenvalue weighted by Crippen LogP contribution is -2.15. The lowest BCUT2D eigenvalue weighted by molar-refractivity contribution is 0.414. The van der Waals surface area contributed by atoms with Crippen LogP contribution >= 0.6 is 0 Å². The van der Waals surface area contributed by atoms with Crippen molar-refractivity contribution in [2.75, 3.05) is 7.11 Å². The van der Waals surface area contributed by atoms with Gasteiger partial charge in [-0.2, -0.15) is 0 Å². The molecule has 0 spiro atoms. The van der Waals surface area contributed by atoms with E-state index in [4.69, 9.17) is 10.5 Å². The molecule has 1 atom stereocenters. The van der Waals surface area contributed by atoms with Crippen molar-refractivity contribution in [3.05, 3.63) is 35.4 Å². The Morgan fingerprint density at radius 2 is 2.21 bits per heavy atom. The summed E-state index contributed by atoms with van der Waals surface area (Å²) in [7, 11) is 1.67. The van der Waals surface area contributed by atoms with Gasteiger partial charge in [0.25, 0.3) is 0 Å². The topological polar surface area (TPSA) is 35.2 Å². The summed E-state index contributed by atoms with van der Waals surface area (Å²) in [6, 6.07) is 8.03. The predicted molar refractivity (Wildman–Crippen MR) is 60.3 cm³/mol. The summed E-state index contributed by atoms with van der Waals surface area (Å²) >= 11 is 0. The number of benzene rings is 1. The molecule has 14 heavy (non-hydrogen) atoms. The first-order chi connectivity index (χ1) is 6.63. The first-order valence-corrected chi connectivity index (χ1v) is 4.71. The highest BCUT2D eigenvalue weighted by molar-refractivity contribution is 5.55. The van der Waals surface area contributed by atoms with Gasteiger partial charge in [0.2, 0.25) is 0 Å². The molecule has 0 radical (unpaired) electrons. The van der Waals surface area contributed by atoms with Crippen molar-refractivity contribution in [3.8, 4) is 5.75 Å². The molecule has 1 rings (SSSR count). The van der Waals surface area contributed by atoms with Crippen molar-refractivity contribution in [2.45, 2.75) is 19.9 Å². The van der Waals surface area contributed by atoms with Crippen molar-refractivity contribution >= 4 is 6.08 Å². The average Bonchev–Trinajstić information content (AvgIpc) is 2.18. The van der Waals surface area contributed by atoms with Crippen LogP contribution in [0.2, 0.25) is 0 Å². The van der Waals surface area contributed by atoms with Gasteiger partial charge in [0.05, 0.1) is 7.11 Å². The molecular weight excluding hydrogens is 174 g/mol. The van der Waals surface area contributed by atoms with Gasteiger partial charge in [0.1, 0.15) is 5.75 Å². The minimum Gasteiger partial charge on any atom is -0.497 e. The van der Waals surface area contributed by atoms with E-state index in [2.05, 4.69) is 6.08 Å². The van der Waals surface area contributed by atoms with Crippen LogP contribution in [0.1, 0.15) is 19.4 Å². The Bertz CT molecular complexity index is 329. The van der Waals surface area contributed by atoms with E-state index in [-0.39, 0.29) is 6.04 Å². The number of methoxy groups -OCH3 is 1. The van der Waals surface area contributed by atoms with E-state index < -0.39 is 0 Å². The van der Waals surface area contributed by atoms with Crippen LogP contribution in [0.4, 0.5) is 0 Å². The molecule has 0 aromatic heterocycles. The normalized spacial score (nSPS) is 13.9. The zero-order valence-electron chi connectivity index (χ0n) is 8.95. The van der Waals surface area contributed by atoms with Crippen molar-refractivity contribution in [1.29, 1.82) is 0 Å². The van der Waals surface area contributed by atoms with Crippen LogP contribution in [0.15, 0.2) is 29.8 Å². The second-order valence-corrected chi connectivity index (χ2v) is 3.45. The first-order valence-electron chi connectivity index (χ1n) is 4.71. The Morgan fingerprint density at radius 1 is 1.50 bits per heavy atom. The summed E-state index contributed by atoms with van der Waals surface area (Å²) in [5.74, 6) is 0.872. The van der Waals surface area contributed by atoms with Crippen molar-refractivity contribution < 1.29 is 4.74 Å². The summed E-state index contributed by atoms with van der Waals surface area (Å²) < 4.78 is 5.14. The first kappa shape index (κ1) is 10.8. The van der Waals surface area contributed by atoms with Gasteiger partial charge in [-0.25, -0.2) is 0 Å². The minimum atomic E-state index is 0.0983. The Hall–Kier alpha value is -1.28. The monoisotopic (exact) mass is 191 g/mol. The summed E-state index contributed by atoms with van der Waals surface area (Å²) in [6.07, 6.45) is 2.08. The summed E-state index contributed by atoms with van der Waals surface area (Å²) in [6.45, 7) is 4.01. The lowest BCUT2D eigenvalue weighted by atomic mass is 10.1. The third-order valence-electron chi connectivity index (χ3n) is 2.21. The number of hydrogen-bond donors (Lipinski definition) is 1. The molecule has 2 heteroatoms. The molecule has 0 amide bonds. The van der Waals surface area contributed by atoms with Gasteiger partial charge < -0.3 is 10.5 Å². The Balaban J connectivity index is 2.91. The van der Waals surface area contributed by atoms with Crippen LogP contribution in [0.3, 0.4) is 0 Å². The van der Waals surface area contributed by atoms with E-state index in [0.717, 1.165) is 11.3 Å². The van der Waals surface area contributed by atoms with Gasteiger partial charge in [-0.15, -0.1) is 0 Å². The summed E-state index contributed by atoms with van der Waals surface area (Å²) in [4.78, 5) is 0. The molecule has 1 unspecified atom stereocenters. The van der Waals surface area contributed by atoms with E-state index in [1.54, 1.807) is 7.11 Å². The van der Waals surface area contributed by atoms with Crippen molar-refractivity contribution in [2.24, 2.45) is 5.73 Å². The maximum Gasteiger partial charge on any atom is 0.119 e. The zero-order chi connectivity index (χ0) is 10.6. The van der Waals surface area contributed by atoms with Gasteiger partial charge in [0, 0.05) is 6.04 Å². The number of nitrogens with two attached hydrogens (primary N) is 1. The fraction of sp³-hybridized carbons (Fsp3) is 0.333. The second kappa shape index (κ2) is 4.82. The van der Waals surface area contributed by atoms with E-state index >= 15 is 0 Å². The molecule has 0 bridgehead atoms. The number of ether oxygens (including phenoxy) is 1. The van der Waals surface area contributed by atoms with Crippen molar-refractivity contribution in [3.63, 3.8) is 0 Å². The quantitative estimate of drug-likeness (QED) is 0.796. The maximum absolute atomic E-state index is 5.75. The van der Waals surface area contributed by atoms with Crippen LogP contribution in [-0.4, -0.2) is 13.2 Å². The van der Waals surface area contributed by atoms with Gasteiger partial charge in [-0.05, 0) is 31.5 Å². The molecule has 2 N–H and O–H groups in total. The highest BCUT2D eigenvalue weighted by Crippen LogP contribution is 2.15. The van der Waals surface area contributed by atoms with Crippen LogP contribution < -0.4 is 10.5 Å². The molecule has 2 nitrogen and oxygen atoms in total. The molecule has 0 saturated heterocycles.